The quantitative estimate of drug-likeness (QED) is 0.796. The van der Waals surface area contributed by atoms with Gasteiger partial charge in [-0.1, -0.05) is 15.9 Å². The molecule has 0 aromatic heterocycles. The molecule has 1 amide bonds. The number of amides is 1. The van der Waals surface area contributed by atoms with Gasteiger partial charge in [-0.15, -0.1) is 0 Å². The maximum absolute atomic E-state index is 12.4. The summed E-state index contributed by atoms with van der Waals surface area (Å²) in [6, 6.07) is 7.57. The van der Waals surface area contributed by atoms with Gasteiger partial charge in [0.2, 0.25) is 0 Å². The van der Waals surface area contributed by atoms with Crippen molar-refractivity contribution in [3.63, 3.8) is 0 Å². The van der Waals surface area contributed by atoms with Crippen LogP contribution >= 0.6 is 15.9 Å². The number of nitrogens with zero attached hydrogens (tertiary/aromatic N) is 2. The van der Waals surface area contributed by atoms with Gasteiger partial charge in [-0.05, 0) is 45.2 Å². The van der Waals surface area contributed by atoms with Crippen molar-refractivity contribution in [1.82, 2.24) is 9.80 Å². The molecule has 1 aliphatic rings. The molecule has 0 N–H and O–H groups in total. The number of likely N-dealkylation sites (N-methyl/N-ethyl adjacent to an activating group) is 1. The molecular weight excluding hydrogens is 292 g/mol. The molecule has 0 saturated carbocycles. The predicted octanol–water partition coefficient (Wildman–Crippen LogP) is 2.62. The topological polar surface area (TPSA) is 23.6 Å². The highest BCUT2D eigenvalue weighted by atomic mass is 79.9. The second kappa shape index (κ2) is 5.02. The maximum Gasteiger partial charge on any atom is 0.253 e. The molecule has 0 bridgehead atoms. The molecule has 1 fully saturated rings. The normalized spacial score (nSPS) is 19.9. The number of hydrogen-bond acceptors (Lipinski definition) is 2. The lowest BCUT2D eigenvalue weighted by Crippen LogP contribution is -2.58. The Kier molecular flexibility index (Phi) is 3.78. The number of hydrogen-bond donors (Lipinski definition) is 0. The van der Waals surface area contributed by atoms with Crippen LogP contribution in [0.3, 0.4) is 0 Å². The number of halogens is 1. The molecule has 1 saturated heterocycles. The average Bonchev–Trinajstić information content (AvgIpc) is 2.33. The number of piperazine rings is 1. The first-order valence-electron chi connectivity index (χ1n) is 6.16. The summed E-state index contributed by atoms with van der Waals surface area (Å²) < 4.78 is 0.998. The molecule has 1 heterocycles. The van der Waals surface area contributed by atoms with Gasteiger partial charge in [-0.2, -0.15) is 0 Å². The van der Waals surface area contributed by atoms with E-state index in [9.17, 15) is 4.79 Å². The van der Waals surface area contributed by atoms with E-state index in [-0.39, 0.29) is 11.4 Å². The number of carbonyl (C=O) groups excluding carboxylic acids is 1. The second-order valence-electron chi connectivity index (χ2n) is 5.47. The van der Waals surface area contributed by atoms with E-state index < -0.39 is 0 Å². The van der Waals surface area contributed by atoms with Crippen LogP contribution in [0.1, 0.15) is 24.2 Å². The minimum atomic E-state index is 0.0449. The Bertz CT molecular complexity index is 442. The molecule has 0 radical (unpaired) electrons. The Morgan fingerprint density at radius 3 is 2.39 bits per heavy atom. The highest BCUT2D eigenvalue weighted by Gasteiger charge is 2.33. The zero-order valence-electron chi connectivity index (χ0n) is 11.1. The largest absolute Gasteiger partial charge is 0.336 e. The van der Waals surface area contributed by atoms with Crippen molar-refractivity contribution in [1.29, 1.82) is 0 Å². The first-order chi connectivity index (χ1) is 8.40. The third-order valence-corrected chi connectivity index (χ3v) is 4.22. The molecule has 0 unspecified atom stereocenters. The molecule has 18 heavy (non-hydrogen) atoms. The van der Waals surface area contributed by atoms with Crippen molar-refractivity contribution in [2.75, 3.05) is 26.7 Å². The lowest BCUT2D eigenvalue weighted by Gasteiger charge is -2.45. The van der Waals surface area contributed by atoms with Gasteiger partial charge in [0.25, 0.3) is 5.91 Å². The Labute approximate surface area is 117 Å². The molecule has 1 aliphatic heterocycles. The average molecular weight is 311 g/mol. The third kappa shape index (κ3) is 2.75. The summed E-state index contributed by atoms with van der Waals surface area (Å²) in [5.74, 6) is 0.128. The van der Waals surface area contributed by atoms with Crippen molar-refractivity contribution >= 4 is 21.8 Å². The highest BCUT2D eigenvalue weighted by Crippen LogP contribution is 2.21. The first-order valence-corrected chi connectivity index (χ1v) is 6.95. The molecule has 2 rings (SSSR count). The van der Waals surface area contributed by atoms with Crippen LogP contribution in [0.25, 0.3) is 0 Å². The van der Waals surface area contributed by atoms with E-state index in [1.165, 1.54) is 0 Å². The molecule has 1 aromatic carbocycles. The maximum atomic E-state index is 12.4. The van der Waals surface area contributed by atoms with Gasteiger partial charge in [0.05, 0.1) is 0 Å². The van der Waals surface area contributed by atoms with E-state index >= 15 is 0 Å². The van der Waals surface area contributed by atoms with Crippen LogP contribution in [0.4, 0.5) is 0 Å². The first kappa shape index (κ1) is 13.6. The number of benzene rings is 1. The molecule has 0 atom stereocenters. The smallest absolute Gasteiger partial charge is 0.253 e. The van der Waals surface area contributed by atoms with Crippen LogP contribution in [0.2, 0.25) is 0 Å². The Morgan fingerprint density at radius 2 is 1.83 bits per heavy atom. The van der Waals surface area contributed by atoms with Gasteiger partial charge in [0.1, 0.15) is 0 Å². The standard InChI is InChI=1S/C14H19BrN2O/c1-14(2)10-17(9-8-16(14)3)13(18)11-4-6-12(15)7-5-11/h4-7H,8-10H2,1-3H3. The van der Waals surface area contributed by atoms with E-state index in [0.29, 0.717) is 0 Å². The molecule has 0 spiro atoms. The molecule has 1 aromatic rings. The summed E-state index contributed by atoms with van der Waals surface area (Å²) in [6.07, 6.45) is 0. The van der Waals surface area contributed by atoms with E-state index in [1.807, 2.05) is 29.2 Å². The van der Waals surface area contributed by atoms with Crippen molar-refractivity contribution in [2.24, 2.45) is 0 Å². The Balaban J connectivity index is 2.13. The van der Waals surface area contributed by atoms with Gasteiger partial charge in [0.15, 0.2) is 0 Å². The van der Waals surface area contributed by atoms with Crippen molar-refractivity contribution < 1.29 is 4.79 Å². The monoisotopic (exact) mass is 310 g/mol. The predicted molar refractivity (Wildman–Crippen MR) is 76.8 cm³/mol. The molecular formula is C14H19BrN2O. The fraction of sp³-hybridized carbons (Fsp3) is 0.500. The van der Waals surface area contributed by atoms with Gasteiger partial charge in [0, 0.05) is 35.2 Å². The zero-order valence-corrected chi connectivity index (χ0v) is 12.7. The summed E-state index contributed by atoms with van der Waals surface area (Å²) in [6.45, 7) is 6.85. The summed E-state index contributed by atoms with van der Waals surface area (Å²) in [5.41, 5.74) is 0.807. The van der Waals surface area contributed by atoms with Gasteiger partial charge < -0.3 is 4.90 Å². The van der Waals surface area contributed by atoms with Crippen molar-refractivity contribution in [2.45, 2.75) is 19.4 Å². The molecule has 0 aliphatic carbocycles. The van der Waals surface area contributed by atoms with Gasteiger partial charge in [-0.25, -0.2) is 0 Å². The SMILES string of the molecule is CN1CCN(C(=O)c2ccc(Br)cc2)CC1(C)C. The van der Waals surface area contributed by atoms with Crippen molar-refractivity contribution in [3.8, 4) is 0 Å². The van der Waals surface area contributed by atoms with Crippen LogP contribution in [0.15, 0.2) is 28.7 Å². The Hall–Kier alpha value is -0.870. The lowest BCUT2D eigenvalue weighted by molar-refractivity contribution is 0.0311. The van der Waals surface area contributed by atoms with Gasteiger partial charge in [-0.3, -0.25) is 9.69 Å². The Morgan fingerprint density at radius 1 is 1.22 bits per heavy atom. The minimum Gasteiger partial charge on any atom is -0.336 e. The van der Waals surface area contributed by atoms with Crippen LogP contribution in [-0.2, 0) is 0 Å². The second-order valence-corrected chi connectivity index (χ2v) is 6.38. The van der Waals surface area contributed by atoms with E-state index in [1.54, 1.807) is 0 Å². The number of rotatable bonds is 1. The van der Waals surface area contributed by atoms with E-state index in [4.69, 9.17) is 0 Å². The summed E-state index contributed by atoms with van der Waals surface area (Å²) in [7, 11) is 2.11. The van der Waals surface area contributed by atoms with Gasteiger partial charge >= 0.3 is 0 Å². The highest BCUT2D eigenvalue weighted by molar-refractivity contribution is 9.10. The van der Waals surface area contributed by atoms with Crippen molar-refractivity contribution in [3.05, 3.63) is 34.3 Å². The molecule has 98 valence electrons. The fourth-order valence-corrected chi connectivity index (χ4v) is 2.45. The van der Waals surface area contributed by atoms with Crippen LogP contribution in [-0.4, -0.2) is 47.9 Å². The van der Waals surface area contributed by atoms with E-state index in [0.717, 1.165) is 29.7 Å². The third-order valence-electron chi connectivity index (χ3n) is 3.69. The minimum absolute atomic E-state index is 0.0449. The summed E-state index contributed by atoms with van der Waals surface area (Å²) >= 11 is 3.38. The molecule has 4 heteroatoms. The van der Waals surface area contributed by atoms with Crippen LogP contribution < -0.4 is 0 Å². The zero-order chi connectivity index (χ0) is 13.3. The van der Waals surface area contributed by atoms with Crippen LogP contribution in [0.5, 0.6) is 0 Å². The lowest BCUT2D eigenvalue weighted by atomic mass is 9.99. The molecule has 3 nitrogen and oxygen atoms in total. The fourth-order valence-electron chi connectivity index (χ4n) is 2.19. The van der Waals surface area contributed by atoms with Crippen LogP contribution in [0, 0.1) is 0 Å². The summed E-state index contributed by atoms with van der Waals surface area (Å²) in [5, 5.41) is 0. The van der Waals surface area contributed by atoms with E-state index in [2.05, 4.69) is 41.7 Å². The number of carbonyl (C=O) groups is 1. The summed E-state index contributed by atoms with van der Waals surface area (Å²) in [4.78, 5) is 16.6.